The van der Waals surface area contributed by atoms with E-state index in [2.05, 4.69) is 0 Å². The number of imide groups is 1. The number of hydrogen-bond acceptors (Lipinski definition) is 4. The number of hydroxylamine groups is 1. The van der Waals surface area contributed by atoms with E-state index < -0.39 is 29.8 Å². The summed E-state index contributed by atoms with van der Waals surface area (Å²) in [6, 6.07) is 21.8. The van der Waals surface area contributed by atoms with Crippen molar-refractivity contribution in [3.63, 3.8) is 0 Å². The largest absolute Gasteiger partial charge is 0.273 e. The normalized spacial score (nSPS) is 23.2. The number of halogens is 1. The van der Waals surface area contributed by atoms with Crippen molar-refractivity contribution in [2.24, 2.45) is 5.92 Å². The van der Waals surface area contributed by atoms with E-state index in [-0.39, 0.29) is 5.91 Å². The number of aryl methyl sites for hydroxylation is 1. The number of rotatable bonds is 3. The van der Waals surface area contributed by atoms with Gasteiger partial charge in [-0.15, -0.1) is 0 Å². The van der Waals surface area contributed by atoms with Gasteiger partial charge in [-0.2, -0.15) is 0 Å². The summed E-state index contributed by atoms with van der Waals surface area (Å²) >= 11 is 0. The SMILES string of the molecule is Cc1ccc(N2C(=O)[C@@H]3[C@H](ON(c4ccccc4)[C@H]3c3ccccc3F)C2=O)cc1. The van der Waals surface area contributed by atoms with Crippen LogP contribution in [0, 0.1) is 18.7 Å². The molecule has 2 saturated heterocycles. The fourth-order valence-corrected chi connectivity index (χ4v) is 4.19. The number of para-hydroxylation sites is 1. The summed E-state index contributed by atoms with van der Waals surface area (Å²) in [7, 11) is 0. The van der Waals surface area contributed by atoms with Crippen LogP contribution < -0.4 is 9.96 Å². The van der Waals surface area contributed by atoms with Gasteiger partial charge in [0.05, 0.1) is 17.4 Å². The first-order chi connectivity index (χ1) is 14.6. The van der Waals surface area contributed by atoms with Crippen LogP contribution in [-0.4, -0.2) is 17.9 Å². The Morgan fingerprint density at radius 2 is 1.47 bits per heavy atom. The van der Waals surface area contributed by atoms with Crippen LogP contribution >= 0.6 is 0 Å². The summed E-state index contributed by atoms with van der Waals surface area (Å²) in [6.45, 7) is 1.93. The van der Waals surface area contributed by atoms with E-state index in [4.69, 9.17) is 4.84 Å². The Balaban J connectivity index is 1.60. The third kappa shape index (κ3) is 2.80. The topological polar surface area (TPSA) is 49.9 Å². The maximum Gasteiger partial charge on any atom is 0.266 e. The Morgan fingerprint density at radius 3 is 2.17 bits per heavy atom. The first-order valence-corrected chi connectivity index (χ1v) is 9.76. The summed E-state index contributed by atoms with van der Waals surface area (Å²) in [6.07, 6.45) is -1.01. The molecule has 2 aliphatic rings. The highest BCUT2D eigenvalue weighted by atomic mass is 19.1. The highest BCUT2D eigenvalue weighted by Gasteiger charge is 2.60. The molecule has 0 radical (unpaired) electrons. The van der Waals surface area contributed by atoms with Crippen LogP contribution in [0.25, 0.3) is 0 Å². The predicted octanol–water partition coefficient (Wildman–Crippen LogP) is 4.19. The number of nitrogens with zero attached hydrogens (tertiary/aromatic N) is 2. The summed E-state index contributed by atoms with van der Waals surface area (Å²) in [5.74, 6) is -2.12. The molecule has 0 unspecified atom stereocenters. The minimum Gasteiger partial charge on any atom is -0.273 e. The second kappa shape index (κ2) is 7.07. The lowest BCUT2D eigenvalue weighted by Crippen LogP contribution is -2.37. The second-order valence-electron chi connectivity index (χ2n) is 7.53. The molecule has 2 fully saturated rings. The van der Waals surface area contributed by atoms with E-state index in [0.29, 0.717) is 16.9 Å². The van der Waals surface area contributed by atoms with Crippen molar-refractivity contribution >= 4 is 23.2 Å². The van der Waals surface area contributed by atoms with Gasteiger partial charge in [0, 0.05) is 5.56 Å². The summed E-state index contributed by atoms with van der Waals surface area (Å²) in [4.78, 5) is 33.8. The summed E-state index contributed by atoms with van der Waals surface area (Å²) in [5, 5.41) is 1.50. The van der Waals surface area contributed by atoms with Gasteiger partial charge in [-0.1, -0.05) is 54.1 Å². The lowest BCUT2D eigenvalue weighted by Gasteiger charge is -2.29. The van der Waals surface area contributed by atoms with E-state index in [9.17, 15) is 14.0 Å². The van der Waals surface area contributed by atoms with Crippen molar-refractivity contribution in [2.75, 3.05) is 9.96 Å². The smallest absolute Gasteiger partial charge is 0.266 e. The zero-order chi connectivity index (χ0) is 20.8. The van der Waals surface area contributed by atoms with Gasteiger partial charge < -0.3 is 0 Å². The number of fused-ring (bicyclic) bond motifs is 1. The zero-order valence-electron chi connectivity index (χ0n) is 16.2. The molecule has 6 heteroatoms. The molecule has 3 atom stereocenters. The molecule has 3 aromatic carbocycles. The lowest BCUT2D eigenvalue weighted by molar-refractivity contribution is -0.126. The van der Waals surface area contributed by atoms with Crippen LogP contribution in [0.4, 0.5) is 15.8 Å². The van der Waals surface area contributed by atoms with Gasteiger partial charge in [0.2, 0.25) is 5.91 Å². The fourth-order valence-electron chi connectivity index (χ4n) is 4.19. The number of carbonyl (C=O) groups is 2. The number of amides is 2. The molecular weight excluding hydrogens is 383 g/mol. The van der Waals surface area contributed by atoms with E-state index >= 15 is 0 Å². The van der Waals surface area contributed by atoms with Crippen molar-refractivity contribution in [2.45, 2.75) is 19.1 Å². The maximum absolute atomic E-state index is 14.8. The molecular formula is C24H19FN2O3. The van der Waals surface area contributed by atoms with Crippen LogP contribution in [0.15, 0.2) is 78.9 Å². The van der Waals surface area contributed by atoms with Crippen molar-refractivity contribution in [3.05, 3.63) is 95.8 Å². The standard InChI is InChI=1S/C24H19FN2O3/c1-15-11-13-16(14-12-15)26-23(28)20-21(18-9-5-6-10-19(18)25)27(30-22(20)24(26)29)17-7-3-2-4-8-17/h2-14,20-22H,1H3/t20-,21-,22-/m0/s1. The molecule has 2 amide bonds. The number of carbonyl (C=O) groups excluding carboxylic acids is 2. The monoisotopic (exact) mass is 402 g/mol. The minimum absolute atomic E-state index is 0.320. The van der Waals surface area contributed by atoms with Crippen molar-refractivity contribution < 1.29 is 18.8 Å². The zero-order valence-corrected chi connectivity index (χ0v) is 16.2. The predicted molar refractivity (Wildman–Crippen MR) is 110 cm³/mol. The van der Waals surface area contributed by atoms with Crippen LogP contribution in [0.1, 0.15) is 17.2 Å². The van der Waals surface area contributed by atoms with E-state index in [1.165, 1.54) is 11.1 Å². The summed E-state index contributed by atoms with van der Waals surface area (Å²) < 4.78 is 14.8. The van der Waals surface area contributed by atoms with Crippen LogP contribution in [0.2, 0.25) is 0 Å². The molecule has 30 heavy (non-hydrogen) atoms. The highest BCUT2D eigenvalue weighted by Crippen LogP contribution is 2.48. The maximum atomic E-state index is 14.8. The Bertz CT molecular complexity index is 1120. The third-order valence-electron chi connectivity index (χ3n) is 5.64. The molecule has 0 aromatic heterocycles. The van der Waals surface area contributed by atoms with Crippen LogP contribution in [0.5, 0.6) is 0 Å². The highest BCUT2D eigenvalue weighted by molar-refractivity contribution is 6.23. The van der Waals surface area contributed by atoms with Gasteiger partial charge in [-0.3, -0.25) is 14.4 Å². The molecule has 0 saturated carbocycles. The Morgan fingerprint density at radius 1 is 0.800 bits per heavy atom. The molecule has 2 heterocycles. The molecule has 5 rings (SSSR count). The van der Waals surface area contributed by atoms with Gasteiger partial charge in [-0.05, 0) is 37.3 Å². The first kappa shape index (κ1) is 18.5. The van der Waals surface area contributed by atoms with E-state index in [1.807, 2.05) is 49.4 Å². The van der Waals surface area contributed by atoms with Gasteiger partial charge in [0.1, 0.15) is 11.7 Å². The quantitative estimate of drug-likeness (QED) is 0.617. The van der Waals surface area contributed by atoms with Crippen molar-refractivity contribution in [1.29, 1.82) is 0 Å². The van der Waals surface area contributed by atoms with Crippen molar-refractivity contribution in [3.8, 4) is 0 Å². The Labute approximate surface area is 173 Å². The average molecular weight is 402 g/mol. The number of anilines is 2. The van der Waals surface area contributed by atoms with Gasteiger partial charge >= 0.3 is 0 Å². The molecule has 2 aliphatic heterocycles. The average Bonchev–Trinajstić information content (AvgIpc) is 3.26. The fraction of sp³-hybridized carbons (Fsp3) is 0.167. The summed E-state index contributed by atoms with van der Waals surface area (Å²) in [5.41, 5.74) is 2.49. The van der Waals surface area contributed by atoms with Crippen LogP contribution in [-0.2, 0) is 14.4 Å². The number of benzene rings is 3. The lowest BCUT2D eigenvalue weighted by atomic mass is 9.90. The minimum atomic E-state index is -1.01. The first-order valence-electron chi connectivity index (χ1n) is 9.76. The van der Waals surface area contributed by atoms with Gasteiger partial charge in [0.25, 0.3) is 5.91 Å². The molecule has 0 aliphatic carbocycles. The van der Waals surface area contributed by atoms with Crippen molar-refractivity contribution in [1.82, 2.24) is 0 Å². The van der Waals surface area contributed by atoms with Gasteiger partial charge in [-0.25, -0.2) is 14.4 Å². The van der Waals surface area contributed by atoms with Gasteiger partial charge in [0.15, 0.2) is 6.10 Å². The molecule has 5 nitrogen and oxygen atoms in total. The Hall–Kier alpha value is -3.51. The molecule has 3 aromatic rings. The Kier molecular flexibility index (Phi) is 4.37. The van der Waals surface area contributed by atoms with Crippen LogP contribution in [0.3, 0.4) is 0 Å². The third-order valence-corrected chi connectivity index (χ3v) is 5.64. The number of hydrogen-bond donors (Lipinski definition) is 0. The van der Waals surface area contributed by atoms with E-state index in [0.717, 1.165) is 10.5 Å². The second-order valence-corrected chi connectivity index (χ2v) is 7.53. The van der Waals surface area contributed by atoms with E-state index in [1.54, 1.807) is 30.3 Å². The molecule has 0 N–H and O–H groups in total. The molecule has 150 valence electrons. The molecule has 0 spiro atoms. The molecule has 0 bridgehead atoms.